The van der Waals surface area contributed by atoms with Gasteiger partial charge in [0, 0.05) is 6.54 Å². The van der Waals surface area contributed by atoms with Crippen molar-refractivity contribution >= 4 is 11.4 Å². The van der Waals surface area contributed by atoms with Gasteiger partial charge in [-0.15, -0.1) is 0 Å². The normalized spacial score (nSPS) is 10.1. The Morgan fingerprint density at radius 3 is 2.60 bits per heavy atom. The number of nitrogens with two attached hydrogens (primary N) is 1. The van der Waals surface area contributed by atoms with Gasteiger partial charge < -0.3 is 11.1 Å². The van der Waals surface area contributed by atoms with Crippen molar-refractivity contribution in [2.45, 2.75) is 20.3 Å². The van der Waals surface area contributed by atoms with Gasteiger partial charge in [-0.1, -0.05) is 18.2 Å². The number of nitrogen functional groups attached to an aromatic ring is 1. The highest BCUT2D eigenvalue weighted by Gasteiger charge is 2.01. The van der Waals surface area contributed by atoms with E-state index in [0.29, 0.717) is 11.3 Å². The second-order valence-corrected chi connectivity index (χ2v) is 5.01. The van der Waals surface area contributed by atoms with Crippen LogP contribution in [0.15, 0.2) is 36.4 Å². The molecule has 0 aliphatic rings. The third kappa shape index (κ3) is 3.30. The van der Waals surface area contributed by atoms with Crippen molar-refractivity contribution in [3.05, 3.63) is 58.7 Å². The van der Waals surface area contributed by atoms with Gasteiger partial charge in [-0.05, 0) is 55.2 Å². The minimum atomic E-state index is 0.618. The van der Waals surface area contributed by atoms with E-state index in [1.54, 1.807) is 18.2 Å². The molecule has 20 heavy (non-hydrogen) atoms. The van der Waals surface area contributed by atoms with Crippen LogP contribution in [0.3, 0.4) is 0 Å². The van der Waals surface area contributed by atoms with Crippen molar-refractivity contribution in [1.29, 1.82) is 5.26 Å². The van der Waals surface area contributed by atoms with Crippen molar-refractivity contribution in [2.24, 2.45) is 0 Å². The number of nitriles is 1. The van der Waals surface area contributed by atoms with Gasteiger partial charge in [0.2, 0.25) is 0 Å². The molecule has 102 valence electrons. The number of rotatable bonds is 4. The first-order valence-electron chi connectivity index (χ1n) is 6.70. The first-order valence-corrected chi connectivity index (χ1v) is 6.70. The summed E-state index contributed by atoms with van der Waals surface area (Å²) in [5, 5.41) is 12.2. The van der Waals surface area contributed by atoms with Gasteiger partial charge >= 0.3 is 0 Å². The molecule has 0 amide bonds. The number of hydrogen-bond donors (Lipinski definition) is 2. The van der Waals surface area contributed by atoms with Crippen molar-refractivity contribution in [1.82, 2.24) is 0 Å². The lowest BCUT2D eigenvalue weighted by molar-refractivity contribution is 1.01. The maximum absolute atomic E-state index is 8.89. The van der Waals surface area contributed by atoms with E-state index in [-0.39, 0.29) is 0 Å². The second-order valence-electron chi connectivity index (χ2n) is 5.01. The average Bonchev–Trinajstić information content (AvgIpc) is 2.45. The molecule has 2 rings (SSSR count). The van der Waals surface area contributed by atoms with Gasteiger partial charge in [0.25, 0.3) is 0 Å². The maximum Gasteiger partial charge on any atom is 0.0992 e. The number of nitrogens with one attached hydrogen (secondary N) is 1. The predicted octanol–water partition coefficient (Wildman–Crippen LogP) is 3.41. The van der Waals surface area contributed by atoms with E-state index in [1.807, 2.05) is 0 Å². The summed E-state index contributed by atoms with van der Waals surface area (Å²) >= 11 is 0. The Balaban J connectivity index is 1.99. The Labute approximate surface area is 120 Å². The Morgan fingerprint density at radius 1 is 1.10 bits per heavy atom. The molecule has 0 fully saturated rings. The van der Waals surface area contributed by atoms with Crippen LogP contribution in [0.4, 0.5) is 11.4 Å². The molecule has 0 saturated heterocycles. The molecule has 3 N–H and O–H groups in total. The molecule has 0 atom stereocenters. The van der Waals surface area contributed by atoms with Gasteiger partial charge in [-0.3, -0.25) is 0 Å². The fourth-order valence-corrected chi connectivity index (χ4v) is 2.08. The zero-order valence-electron chi connectivity index (χ0n) is 11.9. The Hall–Kier alpha value is -2.47. The predicted molar refractivity (Wildman–Crippen MR) is 83.7 cm³/mol. The zero-order valence-corrected chi connectivity index (χ0v) is 11.9. The van der Waals surface area contributed by atoms with E-state index in [0.717, 1.165) is 18.7 Å². The van der Waals surface area contributed by atoms with Crippen LogP contribution in [0.25, 0.3) is 0 Å². The number of benzene rings is 2. The lowest BCUT2D eigenvalue weighted by Crippen LogP contribution is -2.07. The molecular formula is C17H19N3. The van der Waals surface area contributed by atoms with Crippen molar-refractivity contribution < 1.29 is 0 Å². The SMILES string of the molecule is Cc1ccc(CCNc2cc(C#N)ccc2N)cc1C. The monoisotopic (exact) mass is 265 g/mol. The highest BCUT2D eigenvalue weighted by atomic mass is 14.9. The molecule has 2 aromatic carbocycles. The summed E-state index contributed by atoms with van der Waals surface area (Å²) in [4.78, 5) is 0. The second kappa shape index (κ2) is 6.12. The number of aryl methyl sites for hydroxylation is 2. The molecule has 0 bridgehead atoms. The van der Waals surface area contributed by atoms with Crippen LogP contribution in [-0.4, -0.2) is 6.54 Å². The first-order chi connectivity index (χ1) is 9.60. The van der Waals surface area contributed by atoms with E-state index >= 15 is 0 Å². The molecule has 3 heteroatoms. The molecular weight excluding hydrogens is 246 g/mol. The fraction of sp³-hybridized carbons (Fsp3) is 0.235. The minimum absolute atomic E-state index is 0.618. The molecule has 0 aliphatic heterocycles. The quantitative estimate of drug-likeness (QED) is 0.833. The zero-order chi connectivity index (χ0) is 14.5. The third-order valence-corrected chi connectivity index (χ3v) is 3.48. The first kappa shape index (κ1) is 14.0. The van der Waals surface area contributed by atoms with E-state index in [2.05, 4.69) is 43.4 Å². The van der Waals surface area contributed by atoms with Gasteiger partial charge in [0.1, 0.15) is 0 Å². The molecule has 0 aromatic heterocycles. The van der Waals surface area contributed by atoms with Crippen LogP contribution in [0.1, 0.15) is 22.3 Å². The molecule has 3 nitrogen and oxygen atoms in total. The van der Waals surface area contributed by atoms with Crippen molar-refractivity contribution in [3.63, 3.8) is 0 Å². The van der Waals surface area contributed by atoms with E-state index < -0.39 is 0 Å². The molecule has 2 aromatic rings. The Bertz CT molecular complexity index is 654. The summed E-state index contributed by atoms with van der Waals surface area (Å²) in [7, 11) is 0. The van der Waals surface area contributed by atoms with E-state index in [1.165, 1.54) is 16.7 Å². The van der Waals surface area contributed by atoms with E-state index in [4.69, 9.17) is 11.0 Å². The van der Waals surface area contributed by atoms with Crippen LogP contribution < -0.4 is 11.1 Å². The summed E-state index contributed by atoms with van der Waals surface area (Å²) < 4.78 is 0. The van der Waals surface area contributed by atoms with Gasteiger partial charge in [-0.25, -0.2) is 0 Å². The van der Waals surface area contributed by atoms with Crippen LogP contribution in [-0.2, 0) is 6.42 Å². The smallest absolute Gasteiger partial charge is 0.0992 e. The largest absolute Gasteiger partial charge is 0.397 e. The summed E-state index contributed by atoms with van der Waals surface area (Å²) in [6, 6.07) is 13.9. The molecule has 0 spiro atoms. The summed E-state index contributed by atoms with van der Waals surface area (Å²) in [6.45, 7) is 5.04. The van der Waals surface area contributed by atoms with Crippen molar-refractivity contribution in [2.75, 3.05) is 17.6 Å². The lowest BCUT2D eigenvalue weighted by atomic mass is 10.0. The van der Waals surface area contributed by atoms with Crippen LogP contribution in [0, 0.1) is 25.2 Å². The minimum Gasteiger partial charge on any atom is -0.397 e. The molecule has 0 unspecified atom stereocenters. The number of hydrogen-bond acceptors (Lipinski definition) is 3. The van der Waals surface area contributed by atoms with Gasteiger partial charge in [-0.2, -0.15) is 5.26 Å². The topological polar surface area (TPSA) is 61.8 Å². The Kier molecular flexibility index (Phi) is 4.27. The van der Waals surface area contributed by atoms with Crippen LogP contribution >= 0.6 is 0 Å². The van der Waals surface area contributed by atoms with Crippen LogP contribution in [0.5, 0.6) is 0 Å². The average molecular weight is 265 g/mol. The third-order valence-electron chi connectivity index (χ3n) is 3.48. The number of nitrogens with zero attached hydrogens (tertiary/aromatic N) is 1. The fourth-order valence-electron chi connectivity index (χ4n) is 2.08. The van der Waals surface area contributed by atoms with Gasteiger partial charge in [0.05, 0.1) is 23.0 Å². The standard InChI is InChI=1S/C17H19N3/c1-12-3-4-14(9-13(12)2)7-8-20-17-10-15(11-18)5-6-16(17)19/h3-6,9-10,20H,7-8,19H2,1-2H3. The summed E-state index contributed by atoms with van der Waals surface area (Å²) in [5.74, 6) is 0. The van der Waals surface area contributed by atoms with E-state index in [9.17, 15) is 0 Å². The summed E-state index contributed by atoms with van der Waals surface area (Å²) in [5.41, 5.74) is 11.9. The Morgan fingerprint density at radius 2 is 1.90 bits per heavy atom. The van der Waals surface area contributed by atoms with Crippen LogP contribution in [0.2, 0.25) is 0 Å². The summed E-state index contributed by atoms with van der Waals surface area (Å²) in [6.07, 6.45) is 0.928. The van der Waals surface area contributed by atoms with Crippen molar-refractivity contribution in [3.8, 4) is 6.07 Å². The number of anilines is 2. The maximum atomic E-state index is 8.89. The highest BCUT2D eigenvalue weighted by molar-refractivity contribution is 5.68. The van der Waals surface area contributed by atoms with Gasteiger partial charge in [0.15, 0.2) is 0 Å². The molecule has 0 heterocycles. The lowest BCUT2D eigenvalue weighted by Gasteiger charge is -2.10. The molecule has 0 aliphatic carbocycles. The molecule has 0 radical (unpaired) electrons. The highest BCUT2D eigenvalue weighted by Crippen LogP contribution is 2.19. The molecule has 0 saturated carbocycles.